The predicted molar refractivity (Wildman–Crippen MR) is 111 cm³/mol. The molecule has 0 radical (unpaired) electrons. The molecule has 0 amide bonds. The Kier molecular flexibility index (Phi) is 4.18. The summed E-state index contributed by atoms with van der Waals surface area (Å²) < 4.78 is 0. The van der Waals surface area contributed by atoms with E-state index in [9.17, 15) is 0 Å². The molecule has 134 valence electrons. The summed E-state index contributed by atoms with van der Waals surface area (Å²) in [6.45, 7) is 4.95. The van der Waals surface area contributed by atoms with Gasteiger partial charge in [-0.15, -0.1) is 0 Å². The van der Waals surface area contributed by atoms with Gasteiger partial charge in [-0.25, -0.2) is 9.97 Å². The van der Waals surface area contributed by atoms with Crippen LogP contribution in [0.15, 0.2) is 73.1 Å². The lowest BCUT2D eigenvalue weighted by Crippen LogP contribution is -2.46. The molecule has 4 heteroatoms. The Labute approximate surface area is 159 Å². The van der Waals surface area contributed by atoms with E-state index in [0.717, 1.165) is 38.7 Å². The Morgan fingerprint density at radius 1 is 0.704 bits per heavy atom. The van der Waals surface area contributed by atoms with Gasteiger partial charge in [0.1, 0.15) is 0 Å². The Morgan fingerprint density at radius 2 is 1.30 bits per heavy atom. The molecule has 0 N–H and O–H groups in total. The number of rotatable bonds is 3. The van der Waals surface area contributed by atoms with Crippen LogP contribution in [0.2, 0.25) is 0 Å². The van der Waals surface area contributed by atoms with Gasteiger partial charge in [0.25, 0.3) is 0 Å². The summed E-state index contributed by atoms with van der Waals surface area (Å²) in [5, 5.41) is 5.38. The summed E-state index contributed by atoms with van der Waals surface area (Å²) in [5.74, 6) is 0.841. The van der Waals surface area contributed by atoms with Crippen LogP contribution in [0.25, 0.3) is 21.5 Å². The molecule has 4 aromatic rings. The number of hydrogen-bond donors (Lipinski definition) is 0. The zero-order chi connectivity index (χ0) is 18.1. The van der Waals surface area contributed by atoms with Crippen LogP contribution in [0.1, 0.15) is 5.56 Å². The van der Waals surface area contributed by atoms with Gasteiger partial charge in [-0.2, -0.15) is 0 Å². The highest BCUT2D eigenvalue weighted by atomic mass is 15.3. The van der Waals surface area contributed by atoms with Crippen LogP contribution in [-0.4, -0.2) is 41.0 Å². The zero-order valence-corrected chi connectivity index (χ0v) is 15.3. The second-order valence-electron chi connectivity index (χ2n) is 7.11. The molecule has 27 heavy (non-hydrogen) atoms. The van der Waals surface area contributed by atoms with E-state index in [-0.39, 0.29) is 0 Å². The van der Waals surface area contributed by atoms with Crippen LogP contribution in [0.3, 0.4) is 0 Å². The molecule has 1 aromatic heterocycles. The summed E-state index contributed by atoms with van der Waals surface area (Å²) >= 11 is 0. The molecule has 4 nitrogen and oxygen atoms in total. The molecule has 1 aliphatic rings. The van der Waals surface area contributed by atoms with Crippen molar-refractivity contribution >= 4 is 27.5 Å². The van der Waals surface area contributed by atoms with Gasteiger partial charge in [-0.3, -0.25) is 4.90 Å². The Bertz CT molecular complexity index is 1020. The highest BCUT2D eigenvalue weighted by Gasteiger charge is 2.20. The second kappa shape index (κ2) is 6.97. The fraction of sp³-hybridized carbons (Fsp3) is 0.217. The van der Waals surface area contributed by atoms with Gasteiger partial charge < -0.3 is 4.90 Å². The SMILES string of the molecule is c1cnc(N2CCN(Cc3c4ccccc4cc4ccccc34)CC2)nc1. The number of aromatic nitrogens is 2. The van der Waals surface area contributed by atoms with Crippen molar-refractivity contribution in [3.8, 4) is 0 Å². The molecular formula is C23H22N4. The van der Waals surface area contributed by atoms with Gasteiger partial charge >= 0.3 is 0 Å². The number of piperazine rings is 1. The lowest BCUT2D eigenvalue weighted by Gasteiger charge is -2.35. The first-order valence-corrected chi connectivity index (χ1v) is 9.52. The topological polar surface area (TPSA) is 32.3 Å². The van der Waals surface area contributed by atoms with Crippen molar-refractivity contribution in [3.63, 3.8) is 0 Å². The maximum Gasteiger partial charge on any atom is 0.225 e. The first-order chi connectivity index (χ1) is 13.4. The first-order valence-electron chi connectivity index (χ1n) is 9.52. The van der Waals surface area contributed by atoms with Gasteiger partial charge in [0.05, 0.1) is 0 Å². The standard InChI is InChI=1S/C23H22N4/c1-3-8-20-18(6-1)16-19-7-2-4-9-21(19)22(20)17-26-12-14-27(15-13-26)23-24-10-5-11-25-23/h1-11,16H,12-15,17H2. The fourth-order valence-electron chi connectivity index (χ4n) is 4.06. The van der Waals surface area contributed by atoms with Gasteiger partial charge in [-0.1, -0.05) is 48.5 Å². The van der Waals surface area contributed by atoms with E-state index < -0.39 is 0 Å². The van der Waals surface area contributed by atoms with E-state index in [1.165, 1.54) is 27.1 Å². The summed E-state index contributed by atoms with van der Waals surface area (Å²) in [5.41, 5.74) is 1.44. The maximum atomic E-state index is 4.39. The normalized spacial score (nSPS) is 15.5. The number of hydrogen-bond acceptors (Lipinski definition) is 4. The van der Waals surface area contributed by atoms with E-state index in [1.807, 2.05) is 18.5 Å². The number of fused-ring (bicyclic) bond motifs is 2. The minimum Gasteiger partial charge on any atom is -0.338 e. The molecule has 1 fully saturated rings. The third-order valence-corrected chi connectivity index (χ3v) is 5.47. The molecule has 0 spiro atoms. The van der Waals surface area contributed by atoms with Crippen LogP contribution in [0, 0.1) is 0 Å². The largest absolute Gasteiger partial charge is 0.338 e. The lowest BCUT2D eigenvalue weighted by atomic mass is 9.96. The zero-order valence-electron chi connectivity index (χ0n) is 15.3. The molecule has 0 unspecified atom stereocenters. The van der Waals surface area contributed by atoms with Crippen molar-refractivity contribution in [1.29, 1.82) is 0 Å². The third-order valence-electron chi connectivity index (χ3n) is 5.47. The number of benzene rings is 3. The van der Waals surface area contributed by atoms with Crippen molar-refractivity contribution in [2.45, 2.75) is 6.54 Å². The van der Waals surface area contributed by atoms with Crippen molar-refractivity contribution in [3.05, 3.63) is 78.6 Å². The quantitative estimate of drug-likeness (QED) is 0.519. The molecule has 1 saturated heterocycles. The molecule has 0 atom stereocenters. The summed E-state index contributed by atoms with van der Waals surface area (Å²) in [6.07, 6.45) is 3.63. The third kappa shape index (κ3) is 3.13. The Morgan fingerprint density at radius 3 is 1.93 bits per heavy atom. The van der Waals surface area contributed by atoms with Gasteiger partial charge in [0.2, 0.25) is 5.95 Å². The minimum atomic E-state index is 0.841. The lowest BCUT2D eigenvalue weighted by molar-refractivity contribution is 0.250. The first kappa shape index (κ1) is 16.2. The summed E-state index contributed by atoms with van der Waals surface area (Å²) in [6, 6.07) is 21.7. The number of nitrogens with zero attached hydrogens (tertiary/aromatic N) is 4. The van der Waals surface area contributed by atoms with Crippen molar-refractivity contribution in [1.82, 2.24) is 14.9 Å². The van der Waals surface area contributed by atoms with Crippen LogP contribution in [0.4, 0.5) is 5.95 Å². The van der Waals surface area contributed by atoms with Crippen LogP contribution in [0.5, 0.6) is 0 Å². The second-order valence-corrected chi connectivity index (χ2v) is 7.11. The van der Waals surface area contributed by atoms with E-state index in [4.69, 9.17) is 0 Å². The van der Waals surface area contributed by atoms with Crippen LogP contribution in [-0.2, 0) is 6.54 Å². The number of anilines is 1. The highest BCUT2D eigenvalue weighted by Crippen LogP contribution is 2.29. The average Bonchev–Trinajstić information content (AvgIpc) is 2.75. The van der Waals surface area contributed by atoms with Crippen molar-refractivity contribution in [2.24, 2.45) is 0 Å². The van der Waals surface area contributed by atoms with E-state index >= 15 is 0 Å². The molecule has 5 rings (SSSR count). The molecule has 0 bridgehead atoms. The average molecular weight is 354 g/mol. The monoisotopic (exact) mass is 354 g/mol. The van der Waals surface area contributed by atoms with Gasteiger partial charge in [0.15, 0.2) is 0 Å². The molecule has 0 saturated carbocycles. The fourth-order valence-corrected chi connectivity index (χ4v) is 4.06. The molecule has 3 aromatic carbocycles. The summed E-state index contributed by atoms with van der Waals surface area (Å²) in [7, 11) is 0. The molecule has 2 heterocycles. The summed E-state index contributed by atoms with van der Waals surface area (Å²) in [4.78, 5) is 13.6. The predicted octanol–water partition coefficient (Wildman–Crippen LogP) is 4.11. The van der Waals surface area contributed by atoms with Gasteiger partial charge in [-0.05, 0) is 39.2 Å². The Hall–Kier alpha value is -2.98. The minimum absolute atomic E-state index is 0.841. The van der Waals surface area contributed by atoms with E-state index in [1.54, 1.807) is 0 Å². The smallest absolute Gasteiger partial charge is 0.225 e. The van der Waals surface area contributed by atoms with E-state index in [0.29, 0.717) is 0 Å². The molecule has 1 aliphatic heterocycles. The van der Waals surface area contributed by atoms with Crippen molar-refractivity contribution < 1.29 is 0 Å². The van der Waals surface area contributed by atoms with Gasteiger partial charge in [0, 0.05) is 45.1 Å². The van der Waals surface area contributed by atoms with Crippen LogP contribution < -0.4 is 4.90 Å². The maximum absolute atomic E-state index is 4.39. The van der Waals surface area contributed by atoms with Crippen LogP contribution >= 0.6 is 0 Å². The van der Waals surface area contributed by atoms with Crippen molar-refractivity contribution in [2.75, 3.05) is 31.1 Å². The highest BCUT2D eigenvalue weighted by molar-refractivity contribution is 6.02. The van der Waals surface area contributed by atoms with E-state index in [2.05, 4.69) is 74.4 Å². The Balaban J connectivity index is 1.43. The molecular weight excluding hydrogens is 332 g/mol. The molecule has 0 aliphatic carbocycles.